The standard InChI is InChI=1S/C43H31N3/c1-43(2)36-19-11-9-18-34(36)41-39(43)40(44-42(45-41)30-13-5-3-6-14-30)29-23-21-28(22-24-29)31-25-26-38-35(27-31)33-17-10-12-20-37(33)46(38)32-15-7-4-8-16-32/h3-27H,1-2H3. The molecule has 218 valence electrons. The summed E-state index contributed by atoms with van der Waals surface area (Å²) < 4.78 is 2.36. The summed E-state index contributed by atoms with van der Waals surface area (Å²) in [4.78, 5) is 10.4. The van der Waals surface area contributed by atoms with E-state index in [1.165, 1.54) is 55.3 Å². The smallest absolute Gasteiger partial charge is 0.160 e. The van der Waals surface area contributed by atoms with E-state index < -0.39 is 0 Å². The summed E-state index contributed by atoms with van der Waals surface area (Å²) >= 11 is 0. The highest BCUT2D eigenvalue weighted by molar-refractivity contribution is 6.10. The Balaban J connectivity index is 1.18. The minimum atomic E-state index is -0.215. The molecule has 46 heavy (non-hydrogen) atoms. The van der Waals surface area contributed by atoms with Gasteiger partial charge in [0, 0.05) is 44.1 Å². The number of benzene rings is 6. The molecule has 0 aliphatic heterocycles. The van der Waals surface area contributed by atoms with E-state index in [4.69, 9.17) is 9.97 Å². The molecule has 0 unspecified atom stereocenters. The maximum absolute atomic E-state index is 5.26. The molecule has 8 aromatic rings. The van der Waals surface area contributed by atoms with Gasteiger partial charge in [-0.25, -0.2) is 9.97 Å². The van der Waals surface area contributed by atoms with Crippen LogP contribution >= 0.6 is 0 Å². The van der Waals surface area contributed by atoms with Gasteiger partial charge in [-0.05, 0) is 47.0 Å². The lowest BCUT2D eigenvalue weighted by Gasteiger charge is -2.24. The molecule has 0 fully saturated rings. The van der Waals surface area contributed by atoms with Gasteiger partial charge >= 0.3 is 0 Å². The van der Waals surface area contributed by atoms with Gasteiger partial charge in [0.1, 0.15) is 0 Å². The van der Waals surface area contributed by atoms with E-state index in [2.05, 4.69) is 152 Å². The monoisotopic (exact) mass is 589 g/mol. The van der Waals surface area contributed by atoms with Crippen LogP contribution in [0.4, 0.5) is 0 Å². The second kappa shape index (κ2) is 10.1. The van der Waals surface area contributed by atoms with Gasteiger partial charge in [0.2, 0.25) is 0 Å². The first-order chi connectivity index (χ1) is 22.6. The van der Waals surface area contributed by atoms with Gasteiger partial charge < -0.3 is 4.57 Å². The molecule has 1 aliphatic carbocycles. The van der Waals surface area contributed by atoms with Crippen molar-refractivity contribution >= 4 is 21.8 Å². The van der Waals surface area contributed by atoms with Crippen molar-refractivity contribution in [1.82, 2.24) is 14.5 Å². The highest BCUT2D eigenvalue weighted by Crippen LogP contribution is 2.51. The number of aromatic nitrogens is 3. The van der Waals surface area contributed by atoms with Crippen LogP contribution < -0.4 is 0 Å². The van der Waals surface area contributed by atoms with E-state index >= 15 is 0 Å². The molecule has 0 atom stereocenters. The molecule has 0 radical (unpaired) electrons. The second-order valence-corrected chi connectivity index (χ2v) is 12.7. The first-order valence-corrected chi connectivity index (χ1v) is 15.9. The average molecular weight is 590 g/mol. The number of rotatable bonds is 4. The van der Waals surface area contributed by atoms with Crippen molar-refractivity contribution in [2.24, 2.45) is 0 Å². The van der Waals surface area contributed by atoms with E-state index in [9.17, 15) is 0 Å². The zero-order valence-electron chi connectivity index (χ0n) is 25.8. The van der Waals surface area contributed by atoms with Crippen molar-refractivity contribution in [1.29, 1.82) is 0 Å². The molecule has 0 spiro atoms. The maximum Gasteiger partial charge on any atom is 0.160 e. The van der Waals surface area contributed by atoms with Gasteiger partial charge in [-0.2, -0.15) is 0 Å². The van der Waals surface area contributed by atoms with E-state index in [-0.39, 0.29) is 5.41 Å². The lowest BCUT2D eigenvalue weighted by molar-refractivity contribution is 0.658. The number of hydrogen-bond acceptors (Lipinski definition) is 2. The van der Waals surface area contributed by atoms with Crippen molar-refractivity contribution in [2.45, 2.75) is 19.3 Å². The Bertz CT molecular complexity index is 2420. The maximum atomic E-state index is 5.26. The summed E-state index contributed by atoms with van der Waals surface area (Å²) in [5, 5.41) is 2.51. The molecule has 0 saturated heterocycles. The van der Waals surface area contributed by atoms with Crippen molar-refractivity contribution in [2.75, 3.05) is 0 Å². The van der Waals surface area contributed by atoms with Crippen LogP contribution in [0.5, 0.6) is 0 Å². The largest absolute Gasteiger partial charge is 0.309 e. The summed E-state index contributed by atoms with van der Waals surface area (Å²) in [7, 11) is 0. The summed E-state index contributed by atoms with van der Waals surface area (Å²) in [6.45, 7) is 4.59. The van der Waals surface area contributed by atoms with Gasteiger partial charge in [0.15, 0.2) is 5.82 Å². The lowest BCUT2D eigenvalue weighted by Crippen LogP contribution is -2.17. The molecule has 6 aromatic carbocycles. The molecule has 1 aliphatic rings. The Morgan fingerprint density at radius 2 is 1.09 bits per heavy atom. The van der Waals surface area contributed by atoms with Crippen LogP contribution in [0.2, 0.25) is 0 Å². The average Bonchev–Trinajstić information content (AvgIpc) is 3.57. The number of nitrogens with zero attached hydrogens (tertiary/aromatic N) is 3. The number of para-hydroxylation sites is 2. The van der Waals surface area contributed by atoms with Crippen LogP contribution in [-0.2, 0) is 5.41 Å². The Hall–Kier alpha value is -5.80. The Kier molecular flexibility index (Phi) is 5.85. The quantitative estimate of drug-likeness (QED) is 0.204. The minimum absolute atomic E-state index is 0.215. The molecular formula is C43H31N3. The lowest BCUT2D eigenvalue weighted by atomic mass is 9.80. The van der Waals surface area contributed by atoms with Gasteiger partial charge in [0.05, 0.1) is 22.4 Å². The fourth-order valence-electron chi connectivity index (χ4n) is 7.37. The molecule has 0 N–H and O–H groups in total. The molecule has 0 amide bonds. The normalized spacial score (nSPS) is 13.2. The van der Waals surface area contributed by atoms with E-state index in [1.807, 2.05) is 18.2 Å². The first kappa shape index (κ1) is 26.6. The molecule has 0 bridgehead atoms. The second-order valence-electron chi connectivity index (χ2n) is 12.7. The van der Waals surface area contributed by atoms with Crippen LogP contribution in [0, 0.1) is 0 Å². The SMILES string of the molecule is CC1(C)c2ccccc2-c2nc(-c3ccccc3)nc(-c3ccc(-c4ccc5c(c4)c4ccccc4n5-c4ccccc4)cc3)c21. The number of hydrogen-bond donors (Lipinski definition) is 0. The molecular weight excluding hydrogens is 558 g/mol. The minimum Gasteiger partial charge on any atom is -0.309 e. The molecule has 9 rings (SSSR count). The first-order valence-electron chi connectivity index (χ1n) is 15.9. The summed E-state index contributed by atoms with van der Waals surface area (Å²) in [5.41, 5.74) is 13.6. The van der Waals surface area contributed by atoms with Crippen molar-refractivity contribution in [3.05, 3.63) is 163 Å². The van der Waals surface area contributed by atoms with Gasteiger partial charge in [-0.3, -0.25) is 0 Å². The van der Waals surface area contributed by atoms with Crippen molar-refractivity contribution in [3.8, 4) is 50.7 Å². The zero-order chi connectivity index (χ0) is 30.8. The fourth-order valence-corrected chi connectivity index (χ4v) is 7.37. The molecule has 3 nitrogen and oxygen atoms in total. The molecule has 2 heterocycles. The van der Waals surface area contributed by atoms with Crippen LogP contribution in [0.1, 0.15) is 25.0 Å². The Morgan fingerprint density at radius 3 is 1.89 bits per heavy atom. The van der Waals surface area contributed by atoms with E-state index in [0.29, 0.717) is 0 Å². The topological polar surface area (TPSA) is 30.7 Å². The summed E-state index contributed by atoms with van der Waals surface area (Å²) in [5.74, 6) is 0.756. The van der Waals surface area contributed by atoms with Crippen molar-refractivity contribution < 1.29 is 0 Å². The van der Waals surface area contributed by atoms with Gasteiger partial charge in [-0.15, -0.1) is 0 Å². The Morgan fingerprint density at radius 1 is 0.478 bits per heavy atom. The third kappa shape index (κ3) is 3.98. The van der Waals surface area contributed by atoms with E-state index in [0.717, 1.165) is 28.3 Å². The van der Waals surface area contributed by atoms with Gasteiger partial charge in [0.25, 0.3) is 0 Å². The molecule has 3 heteroatoms. The summed E-state index contributed by atoms with van der Waals surface area (Å²) in [6.07, 6.45) is 0. The molecule has 2 aromatic heterocycles. The van der Waals surface area contributed by atoms with Gasteiger partial charge in [-0.1, -0.05) is 135 Å². The molecule has 0 saturated carbocycles. The fraction of sp³-hybridized carbons (Fsp3) is 0.0698. The van der Waals surface area contributed by atoms with Crippen LogP contribution in [-0.4, -0.2) is 14.5 Å². The van der Waals surface area contributed by atoms with Crippen LogP contribution in [0.15, 0.2) is 152 Å². The van der Waals surface area contributed by atoms with Crippen LogP contribution in [0.3, 0.4) is 0 Å². The Labute approximate surface area is 268 Å². The van der Waals surface area contributed by atoms with E-state index in [1.54, 1.807) is 0 Å². The zero-order valence-corrected chi connectivity index (χ0v) is 25.8. The predicted molar refractivity (Wildman–Crippen MR) is 190 cm³/mol. The third-order valence-corrected chi connectivity index (χ3v) is 9.60. The third-order valence-electron chi connectivity index (χ3n) is 9.60. The summed E-state index contributed by atoms with van der Waals surface area (Å²) in [6, 6.07) is 54.0. The predicted octanol–water partition coefficient (Wildman–Crippen LogP) is 10.9. The number of fused-ring (bicyclic) bond motifs is 6. The van der Waals surface area contributed by atoms with Crippen LogP contribution in [0.25, 0.3) is 72.5 Å². The highest BCUT2D eigenvalue weighted by atomic mass is 15.0. The highest BCUT2D eigenvalue weighted by Gasteiger charge is 2.39. The van der Waals surface area contributed by atoms with Crippen molar-refractivity contribution in [3.63, 3.8) is 0 Å².